The highest BCUT2D eigenvalue weighted by Crippen LogP contribution is 2.28. The number of aryl methyl sites for hydroxylation is 1. The third-order valence-electron chi connectivity index (χ3n) is 2.56. The molecule has 1 aromatic heterocycles. The maximum absolute atomic E-state index is 11.1. The van der Waals surface area contributed by atoms with Crippen molar-refractivity contribution in [2.24, 2.45) is 0 Å². The Bertz CT molecular complexity index is 633. The fraction of sp³-hybridized carbons (Fsp3) is 0.167. The van der Waals surface area contributed by atoms with Gasteiger partial charge in [0.1, 0.15) is 11.4 Å². The highest BCUT2D eigenvalue weighted by Gasteiger charge is 2.21. The summed E-state index contributed by atoms with van der Waals surface area (Å²) < 4.78 is 5.22. The largest absolute Gasteiger partial charge is 0.478 e. The number of hydrogen-bond donors (Lipinski definition) is 2. The van der Waals surface area contributed by atoms with Crippen LogP contribution in [0.2, 0.25) is 0 Å². The van der Waals surface area contributed by atoms with Crippen molar-refractivity contribution in [3.8, 4) is 0 Å². The minimum Gasteiger partial charge on any atom is -0.478 e. The van der Waals surface area contributed by atoms with Crippen LogP contribution in [0.4, 0.5) is 11.4 Å². The van der Waals surface area contributed by atoms with E-state index in [1.165, 1.54) is 24.4 Å². The van der Waals surface area contributed by atoms with Crippen LogP contribution in [-0.2, 0) is 6.54 Å². The van der Waals surface area contributed by atoms with E-state index in [1.807, 2.05) is 0 Å². The molecule has 1 aromatic carbocycles. The van der Waals surface area contributed by atoms with Crippen LogP contribution in [0.25, 0.3) is 0 Å². The number of anilines is 1. The van der Waals surface area contributed by atoms with Crippen molar-refractivity contribution < 1.29 is 19.2 Å². The second-order valence-electron chi connectivity index (χ2n) is 3.98. The summed E-state index contributed by atoms with van der Waals surface area (Å²) in [5.41, 5.74) is -0.559. The highest BCUT2D eigenvalue weighted by atomic mass is 16.6. The van der Waals surface area contributed by atoms with Gasteiger partial charge in [-0.1, -0.05) is 6.07 Å². The number of carboxylic acids is 1. The van der Waals surface area contributed by atoms with Crippen LogP contribution in [0.3, 0.4) is 0 Å². The molecular formula is C12H11N3O5. The van der Waals surface area contributed by atoms with Crippen LogP contribution in [0, 0.1) is 17.0 Å². The molecule has 2 N–H and O–H groups in total. The van der Waals surface area contributed by atoms with Gasteiger partial charge in [0.2, 0.25) is 5.89 Å². The smallest absolute Gasteiger partial charge is 0.338 e. The normalized spacial score (nSPS) is 10.2. The molecule has 0 saturated carbocycles. The van der Waals surface area contributed by atoms with Crippen molar-refractivity contribution in [1.82, 2.24) is 4.98 Å². The first kappa shape index (κ1) is 13.5. The molecule has 0 saturated heterocycles. The molecule has 8 heteroatoms. The maximum atomic E-state index is 11.1. The topological polar surface area (TPSA) is 119 Å². The van der Waals surface area contributed by atoms with Gasteiger partial charge >= 0.3 is 5.97 Å². The molecule has 0 aliphatic rings. The standard InChI is InChI=1S/C12H11N3O5/c1-7-5-13-10(20-7)6-14-11-8(12(16)17)3-2-4-9(11)15(18)19/h2-5,14H,6H2,1H3,(H,16,17). The van der Waals surface area contributed by atoms with E-state index in [0.717, 1.165) is 0 Å². The summed E-state index contributed by atoms with van der Waals surface area (Å²) in [6.07, 6.45) is 1.51. The predicted octanol–water partition coefficient (Wildman–Crippen LogP) is 2.20. The number of rotatable bonds is 5. The Kier molecular flexibility index (Phi) is 3.65. The molecule has 2 aromatic rings. The first-order valence-corrected chi connectivity index (χ1v) is 5.65. The van der Waals surface area contributed by atoms with Gasteiger partial charge in [-0.15, -0.1) is 0 Å². The summed E-state index contributed by atoms with van der Waals surface area (Å²) in [6.45, 7) is 1.77. The zero-order chi connectivity index (χ0) is 14.7. The van der Waals surface area contributed by atoms with Gasteiger partial charge in [-0.05, 0) is 13.0 Å². The van der Waals surface area contributed by atoms with E-state index >= 15 is 0 Å². The third-order valence-corrected chi connectivity index (χ3v) is 2.56. The molecule has 20 heavy (non-hydrogen) atoms. The monoisotopic (exact) mass is 277 g/mol. The van der Waals surface area contributed by atoms with Crippen LogP contribution >= 0.6 is 0 Å². The number of hydrogen-bond acceptors (Lipinski definition) is 6. The maximum Gasteiger partial charge on any atom is 0.338 e. The lowest BCUT2D eigenvalue weighted by molar-refractivity contribution is -0.384. The van der Waals surface area contributed by atoms with Crippen molar-refractivity contribution >= 4 is 17.3 Å². The van der Waals surface area contributed by atoms with Crippen LogP contribution in [0.5, 0.6) is 0 Å². The van der Waals surface area contributed by atoms with Gasteiger partial charge in [-0.25, -0.2) is 9.78 Å². The minimum atomic E-state index is -1.25. The number of carboxylic acid groups (broad SMARTS) is 1. The molecule has 8 nitrogen and oxygen atoms in total. The van der Waals surface area contributed by atoms with Gasteiger partial charge in [0.05, 0.1) is 23.2 Å². The van der Waals surface area contributed by atoms with Gasteiger partial charge in [0.25, 0.3) is 5.69 Å². The Labute approximate surface area is 113 Å². The second-order valence-corrected chi connectivity index (χ2v) is 3.98. The van der Waals surface area contributed by atoms with Crippen LogP contribution in [-0.4, -0.2) is 21.0 Å². The van der Waals surface area contributed by atoms with Gasteiger partial charge in [-0.2, -0.15) is 0 Å². The summed E-state index contributed by atoms with van der Waals surface area (Å²) in [5, 5.41) is 22.7. The molecule has 0 aliphatic heterocycles. The van der Waals surface area contributed by atoms with Gasteiger partial charge < -0.3 is 14.8 Å². The van der Waals surface area contributed by atoms with E-state index < -0.39 is 10.9 Å². The van der Waals surface area contributed by atoms with Gasteiger partial charge in [0.15, 0.2) is 0 Å². The quantitative estimate of drug-likeness (QED) is 0.635. The fourth-order valence-corrected chi connectivity index (χ4v) is 1.70. The SMILES string of the molecule is Cc1cnc(CNc2c(C(=O)O)cccc2[N+](=O)[O-])o1. The molecule has 0 radical (unpaired) electrons. The lowest BCUT2D eigenvalue weighted by Gasteiger charge is -2.08. The molecule has 1 heterocycles. The number of aromatic carboxylic acids is 1. The number of benzene rings is 1. The van der Waals surface area contributed by atoms with Crippen molar-refractivity contribution in [3.05, 3.63) is 51.7 Å². The molecule has 0 bridgehead atoms. The summed E-state index contributed by atoms with van der Waals surface area (Å²) >= 11 is 0. The minimum absolute atomic E-state index is 0.0545. The summed E-state index contributed by atoms with van der Waals surface area (Å²) in [7, 11) is 0. The van der Waals surface area contributed by atoms with E-state index in [9.17, 15) is 14.9 Å². The Morgan fingerprint density at radius 1 is 1.55 bits per heavy atom. The number of carbonyl (C=O) groups is 1. The van der Waals surface area contributed by atoms with E-state index in [-0.39, 0.29) is 23.5 Å². The number of nitro groups is 1. The van der Waals surface area contributed by atoms with Crippen molar-refractivity contribution in [2.45, 2.75) is 13.5 Å². The third kappa shape index (κ3) is 2.74. The number of nitrogens with zero attached hydrogens (tertiary/aromatic N) is 2. The Morgan fingerprint density at radius 3 is 2.85 bits per heavy atom. The molecule has 2 rings (SSSR count). The van der Waals surface area contributed by atoms with Crippen molar-refractivity contribution in [2.75, 3.05) is 5.32 Å². The van der Waals surface area contributed by atoms with E-state index in [2.05, 4.69) is 10.3 Å². The zero-order valence-electron chi connectivity index (χ0n) is 10.5. The van der Waals surface area contributed by atoms with Gasteiger partial charge in [0, 0.05) is 6.07 Å². The molecule has 0 spiro atoms. The Balaban J connectivity index is 2.32. The molecule has 0 atom stereocenters. The average Bonchev–Trinajstić information content (AvgIpc) is 2.81. The lowest BCUT2D eigenvalue weighted by atomic mass is 10.1. The number of aromatic nitrogens is 1. The van der Waals surface area contributed by atoms with E-state index in [4.69, 9.17) is 9.52 Å². The number of nitrogens with one attached hydrogen (secondary N) is 1. The van der Waals surface area contributed by atoms with Crippen molar-refractivity contribution in [1.29, 1.82) is 0 Å². The zero-order valence-corrected chi connectivity index (χ0v) is 10.5. The van der Waals surface area contributed by atoms with Crippen LogP contribution in [0.15, 0.2) is 28.8 Å². The summed E-state index contributed by atoms with van der Waals surface area (Å²) in [5.74, 6) is -0.334. The fourth-order valence-electron chi connectivity index (χ4n) is 1.70. The number of para-hydroxylation sites is 1. The molecule has 0 amide bonds. The molecule has 0 unspecified atom stereocenters. The molecular weight excluding hydrogens is 266 g/mol. The lowest BCUT2D eigenvalue weighted by Crippen LogP contribution is -2.09. The number of oxazole rings is 1. The van der Waals surface area contributed by atoms with Crippen LogP contribution < -0.4 is 5.32 Å². The number of nitro benzene ring substituents is 1. The first-order chi connectivity index (χ1) is 9.49. The molecule has 0 fully saturated rings. The second kappa shape index (κ2) is 5.39. The predicted molar refractivity (Wildman–Crippen MR) is 68.6 cm³/mol. The van der Waals surface area contributed by atoms with Crippen molar-refractivity contribution in [3.63, 3.8) is 0 Å². The highest BCUT2D eigenvalue weighted by molar-refractivity contribution is 5.96. The van der Waals surface area contributed by atoms with E-state index in [1.54, 1.807) is 6.92 Å². The molecule has 104 valence electrons. The Morgan fingerprint density at radius 2 is 2.30 bits per heavy atom. The van der Waals surface area contributed by atoms with E-state index in [0.29, 0.717) is 11.7 Å². The summed E-state index contributed by atoms with van der Waals surface area (Å²) in [6, 6.07) is 3.84. The van der Waals surface area contributed by atoms with Crippen LogP contribution in [0.1, 0.15) is 22.0 Å². The summed E-state index contributed by atoms with van der Waals surface area (Å²) in [4.78, 5) is 25.3. The molecule has 0 aliphatic carbocycles. The average molecular weight is 277 g/mol. The Hall–Kier alpha value is -2.90. The van der Waals surface area contributed by atoms with Gasteiger partial charge in [-0.3, -0.25) is 10.1 Å². The first-order valence-electron chi connectivity index (χ1n) is 5.65.